The first-order valence-corrected chi connectivity index (χ1v) is 8.06. The van der Waals surface area contributed by atoms with E-state index in [-0.39, 0.29) is 12.4 Å². The van der Waals surface area contributed by atoms with Crippen molar-refractivity contribution in [2.24, 2.45) is 0 Å². The van der Waals surface area contributed by atoms with Crippen LogP contribution in [-0.2, 0) is 12.7 Å². The number of nitrogens with one attached hydrogen (secondary N) is 2. The summed E-state index contributed by atoms with van der Waals surface area (Å²) in [6, 6.07) is 5.71. The first-order valence-electron chi connectivity index (χ1n) is 8.06. The number of halogens is 4. The maximum Gasteiger partial charge on any atom is 0.416 e. The van der Waals surface area contributed by atoms with Crippen molar-refractivity contribution in [3.05, 3.63) is 41.6 Å². The molecule has 1 aliphatic rings. The lowest BCUT2D eigenvalue weighted by atomic mass is 10.0. The third kappa shape index (κ3) is 4.74. The first kappa shape index (κ1) is 19.8. The molecule has 0 saturated carbocycles. The molecule has 1 aromatic carbocycles. The van der Waals surface area contributed by atoms with Crippen molar-refractivity contribution in [1.82, 2.24) is 20.4 Å². The van der Waals surface area contributed by atoms with E-state index in [2.05, 4.69) is 27.5 Å². The molecule has 1 aromatic heterocycles. The van der Waals surface area contributed by atoms with Crippen molar-refractivity contribution in [2.45, 2.75) is 31.6 Å². The van der Waals surface area contributed by atoms with E-state index in [1.54, 1.807) is 6.20 Å². The number of hydrogen-bond donors (Lipinski definition) is 2. The Morgan fingerprint density at radius 2 is 1.80 bits per heavy atom. The van der Waals surface area contributed by atoms with Crippen LogP contribution in [0.4, 0.5) is 13.2 Å². The molecule has 0 unspecified atom stereocenters. The number of hydrogen-bond acceptors (Lipinski definition) is 3. The highest BCUT2D eigenvalue weighted by Gasteiger charge is 2.30. The Morgan fingerprint density at radius 1 is 1.16 bits per heavy atom. The predicted octanol–water partition coefficient (Wildman–Crippen LogP) is 3.70. The molecular weight excluding hydrogens is 353 g/mol. The second-order valence-corrected chi connectivity index (χ2v) is 6.24. The van der Waals surface area contributed by atoms with Crippen LogP contribution in [0, 0.1) is 0 Å². The third-order valence-electron chi connectivity index (χ3n) is 4.57. The maximum absolute atomic E-state index is 12.7. The average Bonchev–Trinajstić information content (AvgIpc) is 3.03. The van der Waals surface area contributed by atoms with Crippen molar-refractivity contribution in [3.8, 4) is 11.3 Å². The predicted molar refractivity (Wildman–Crippen MR) is 93.6 cm³/mol. The van der Waals surface area contributed by atoms with E-state index in [9.17, 15) is 13.2 Å². The van der Waals surface area contributed by atoms with E-state index in [1.807, 2.05) is 0 Å². The molecule has 0 spiro atoms. The molecule has 0 radical (unpaired) electrons. The maximum atomic E-state index is 12.7. The molecule has 2 aromatic rings. The molecule has 8 heteroatoms. The summed E-state index contributed by atoms with van der Waals surface area (Å²) in [5, 5.41) is 10.3. The van der Waals surface area contributed by atoms with Gasteiger partial charge in [0.15, 0.2) is 0 Å². The van der Waals surface area contributed by atoms with Crippen LogP contribution in [0.1, 0.15) is 24.0 Å². The van der Waals surface area contributed by atoms with Gasteiger partial charge in [-0.3, -0.25) is 10.00 Å². The standard InChI is InChI=1S/C17H21F3N4.ClH/c1-24(15-6-8-21-9-7-15)11-13-10-22-23-16(13)12-2-4-14(5-3-12)17(18,19)20;/h2-5,10,15,21H,6-9,11H2,1H3,(H,22,23);1H. The van der Waals surface area contributed by atoms with E-state index in [4.69, 9.17) is 0 Å². The zero-order valence-corrected chi connectivity index (χ0v) is 14.8. The normalized spacial score (nSPS) is 16.0. The average molecular weight is 375 g/mol. The van der Waals surface area contributed by atoms with Crippen LogP contribution in [0.5, 0.6) is 0 Å². The van der Waals surface area contributed by atoms with Crippen LogP contribution in [0.15, 0.2) is 30.5 Å². The Bertz CT molecular complexity index is 663. The number of nitrogens with zero attached hydrogens (tertiary/aromatic N) is 2. The monoisotopic (exact) mass is 374 g/mol. The number of alkyl halides is 3. The minimum atomic E-state index is -4.31. The molecule has 4 nitrogen and oxygen atoms in total. The SMILES string of the molecule is CN(Cc1cn[nH]c1-c1ccc(C(F)(F)F)cc1)C1CCNCC1.Cl. The Labute approximate surface area is 151 Å². The summed E-state index contributed by atoms with van der Waals surface area (Å²) in [7, 11) is 2.08. The van der Waals surface area contributed by atoms with E-state index >= 15 is 0 Å². The molecule has 3 rings (SSSR count). The summed E-state index contributed by atoms with van der Waals surface area (Å²) in [6.45, 7) is 2.76. The van der Waals surface area contributed by atoms with Crippen molar-refractivity contribution in [2.75, 3.05) is 20.1 Å². The van der Waals surface area contributed by atoms with Crippen LogP contribution in [-0.4, -0.2) is 41.3 Å². The van der Waals surface area contributed by atoms with E-state index in [0.717, 1.165) is 55.9 Å². The molecule has 138 valence electrons. The summed E-state index contributed by atoms with van der Waals surface area (Å²) in [6.07, 6.45) is -0.358. The molecule has 0 bridgehead atoms. The van der Waals surface area contributed by atoms with Gasteiger partial charge >= 0.3 is 6.18 Å². The van der Waals surface area contributed by atoms with Gasteiger partial charge in [0.1, 0.15) is 0 Å². The number of rotatable bonds is 4. The van der Waals surface area contributed by atoms with Crippen molar-refractivity contribution in [3.63, 3.8) is 0 Å². The summed E-state index contributed by atoms with van der Waals surface area (Å²) in [5.74, 6) is 0. The summed E-state index contributed by atoms with van der Waals surface area (Å²) < 4.78 is 38.1. The molecule has 0 amide bonds. The largest absolute Gasteiger partial charge is 0.416 e. The fraction of sp³-hybridized carbons (Fsp3) is 0.471. The lowest BCUT2D eigenvalue weighted by molar-refractivity contribution is -0.137. The van der Waals surface area contributed by atoms with Gasteiger partial charge in [-0.05, 0) is 50.7 Å². The number of aromatic amines is 1. The molecule has 0 atom stereocenters. The lowest BCUT2D eigenvalue weighted by Gasteiger charge is -2.31. The highest BCUT2D eigenvalue weighted by atomic mass is 35.5. The molecule has 1 aliphatic heterocycles. The zero-order chi connectivity index (χ0) is 17.2. The molecule has 2 N–H and O–H groups in total. The van der Waals surface area contributed by atoms with Crippen molar-refractivity contribution < 1.29 is 13.2 Å². The van der Waals surface area contributed by atoms with Gasteiger partial charge in [-0.1, -0.05) is 12.1 Å². The van der Waals surface area contributed by atoms with E-state index in [1.165, 1.54) is 12.1 Å². The second kappa shape index (κ2) is 8.21. The number of aromatic nitrogens is 2. The number of benzene rings is 1. The summed E-state index contributed by atoms with van der Waals surface area (Å²) in [5.41, 5.74) is 1.86. The molecule has 0 aliphatic carbocycles. The van der Waals surface area contributed by atoms with Gasteiger partial charge < -0.3 is 5.32 Å². The van der Waals surface area contributed by atoms with Gasteiger partial charge in [-0.15, -0.1) is 12.4 Å². The minimum Gasteiger partial charge on any atom is -0.317 e. The lowest BCUT2D eigenvalue weighted by Crippen LogP contribution is -2.40. The van der Waals surface area contributed by atoms with Crippen LogP contribution in [0.25, 0.3) is 11.3 Å². The molecule has 2 heterocycles. The number of piperidine rings is 1. The highest BCUT2D eigenvalue weighted by Crippen LogP contribution is 2.31. The topological polar surface area (TPSA) is 44.0 Å². The molecule has 25 heavy (non-hydrogen) atoms. The van der Waals surface area contributed by atoms with Crippen LogP contribution >= 0.6 is 12.4 Å². The zero-order valence-electron chi connectivity index (χ0n) is 13.9. The van der Waals surface area contributed by atoms with Gasteiger partial charge in [0.2, 0.25) is 0 Å². The fourth-order valence-corrected chi connectivity index (χ4v) is 3.15. The smallest absolute Gasteiger partial charge is 0.317 e. The molecule has 1 saturated heterocycles. The third-order valence-corrected chi connectivity index (χ3v) is 4.57. The highest BCUT2D eigenvalue weighted by molar-refractivity contribution is 5.85. The van der Waals surface area contributed by atoms with E-state index in [0.29, 0.717) is 11.6 Å². The van der Waals surface area contributed by atoms with Gasteiger partial charge in [-0.2, -0.15) is 18.3 Å². The van der Waals surface area contributed by atoms with E-state index < -0.39 is 11.7 Å². The Hall–Kier alpha value is -1.57. The van der Waals surface area contributed by atoms with Gasteiger partial charge in [0.25, 0.3) is 0 Å². The Balaban J connectivity index is 0.00000225. The first-order chi connectivity index (χ1) is 11.4. The van der Waals surface area contributed by atoms with Gasteiger partial charge in [0, 0.05) is 18.2 Å². The summed E-state index contributed by atoms with van der Waals surface area (Å²) >= 11 is 0. The van der Waals surface area contributed by atoms with Gasteiger partial charge in [0.05, 0.1) is 17.5 Å². The Morgan fingerprint density at radius 3 is 2.40 bits per heavy atom. The van der Waals surface area contributed by atoms with Crippen LogP contribution in [0.3, 0.4) is 0 Å². The quantitative estimate of drug-likeness (QED) is 0.857. The minimum absolute atomic E-state index is 0. The Kier molecular flexibility index (Phi) is 6.48. The van der Waals surface area contributed by atoms with Crippen LogP contribution in [0.2, 0.25) is 0 Å². The fourth-order valence-electron chi connectivity index (χ4n) is 3.15. The molecule has 1 fully saturated rings. The van der Waals surface area contributed by atoms with Crippen molar-refractivity contribution >= 4 is 12.4 Å². The van der Waals surface area contributed by atoms with Crippen molar-refractivity contribution in [1.29, 1.82) is 0 Å². The molecular formula is C17H22ClF3N4. The van der Waals surface area contributed by atoms with Crippen LogP contribution < -0.4 is 5.32 Å². The van der Waals surface area contributed by atoms with Gasteiger partial charge in [-0.25, -0.2) is 0 Å². The summed E-state index contributed by atoms with van der Waals surface area (Å²) in [4.78, 5) is 2.29. The number of H-pyrrole nitrogens is 1. The second-order valence-electron chi connectivity index (χ2n) is 6.24.